The molecule has 0 spiro atoms. The highest BCUT2D eigenvalue weighted by Crippen LogP contribution is 2.28. The summed E-state index contributed by atoms with van der Waals surface area (Å²) in [4.78, 5) is 7.46. The molecule has 4 N–H and O–H groups in total. The standard InChI is InChI=1S/C5H5N3OS/c6-5-7-2-1-3(9)10-4(2)8-5/h1,9H,(H3,6,7,8). The highest BCUT2D eigenvalue weighted by atomic mass is 32.1. The van der Waals surface area contributed by atoms with Gasteiger partial charge in [-0.15, -0.1) is 0 Å². The molecule has 0 radical (unpaired) electrons. The topological polar surface area (TPSA) is 74.9 Å². The van der Waals surface area contributed by atoms with Gasteiger partial charge in [-0.3, -0.25) is 0 Å². The Kier molecular flexibility index (Phi) is 0.906. The smallest absolute Gasteiger partial charge is 0.199 e. The lowest BCUT2D eigenvalue weighted by molar-refractivity contribution is 0.491. The van der Waals surface area contributed by atoms with Crippen molar-refractivity contribution in [2.75, 3.05) is 5.73 Å². The van der Waals surface area contributed by atoms with Gasteiger partial charge in [-0.05, 0) is 0 Å². The van der Waals surface area contributed by atoms with E-state index in [0.717, 1.165) is 10.3 Å². The molecule has 5 heteroatoms. The molecule has 0 fully saturated rings. The van der Waals surface area contributed by atoms with E-state index in [-0.39, 0.29) is 5.06 Å². The van der Waals surface area contributed by atoms with Crippen molar-refractivity contribution in [1.82, 2.24) is 9.97 Å². The van der Waals surface area contributed by atoms with E-state index >= 15 is 0 Å². The largest absolute Gasteiger partial charge is 0.499 e. The molecule has 0 amide bonds. The van der Waals surface area contributed by atoms with E-state index in [1.807, 2.05) is 0 Å². The number of nitrogen functional groups attached to an aromatic ring is 1. The van der Waals surface area contributed by atoms with Crippen molar-refractivity contribution < 1.29 is 5.11 Å². The van der Waals surface area contributed by atoms with Gasteiger partial charge in [-0.1, -0.05) is 11.3 Å². The average Bonchev–Trinajstić information content (AvgIpc) is 2.21. The SMILES string of the molecule is Nc1nc2sc(O)cc2[nH]1. The van der Waals surface area contributed by atoms with Crippen molar-refractivity contribution in [3.63, 3.8) is 0 Å². The van der Waals surface area contributed by atoms with Gasteiger partial charge in [-0.25, -0.2) is 4.98 Å². The summed E-state index contributed by atoms with van der Waals surface area (Å²) in [6.45, 7) is 0. The van der Waals surface area contributed by atoms with E-state index in [9.17, 15) is 0 Å². The van der Waals surface area contributed by atoms with E-state index < -0.39 is 0 Å². The van der Waals surface area contributed by atoms with Gasteiger partial charge in [-0.2, -0.15) is 0 Å². The van der Waals surface area contributed by atoms with Crippen LogP contribution in [0.5, 0.6) is 5.06 Å². The normalized spacial score (nSPS) is 10.8. The molecule has 0 aliphatic heterocycles. The van der Waals surface area contributed by atoms with Crippen LogP contribution in [0.15, 0.2) is 6.07 Å². The van der Waals surface area contributed by atoms with E-state index in [4.69, 9.17) is 10.8 Å². The number of hydrogen-bond acceptors (Lipinski definition) is 4. The minimum Gasteiger partial charge on any atom is -0.499 e. The highest BCUT2D eigenvalue weighted by molar-refractivity contribution is 7.20. The third-order valence-corrected chi connectivity index (χ3v) is 2.02. The predicted octanol–water partition coefficient (Wildman–Crippen LogP) is 0.912. The second-order valence-electron chi connectivity index (χ2n) is 1.93. The molecule has 0 saturated heterocycles. The summed E-state index contributed by atoms with van der Waals surface area (Å²) in [7, 11) is 0. The van der Waals surface area contributed by atoms with Gasteiger partial charge in [0.2, 0.25) is 0 Å². The first-order valence-electron chi connectivity index (χ1n) is 2.70. The number of fused-ring (bicyclic) bond motifs is 1. The predicted molar refractivity (Wildman–Crippen MR) is 40.0 cm³/mol. The minimum absolute atomic E-state index is 0.258. The number of nitrogens with one attached hydrogen (secondary N) is 1. The molecule has 2 rings (SSSR count). The van der Waals surface area contributed by atoms with E-state index in [1.165, 1.54) is 11.3 Å². The van der Waals surface area contributed by atoms with Crippen LogP contribution in [-0.2, 0) is 0 Å². The second-order valence-corrected chi connectivity index (χ2v) is 2.93. The average molecular weight is 155 g/mol. The van der Waals surface area contributed by atoms with Crippen molar-refractivity contribution in [3.05, 3.63) is 6.07 Å². The molecule has 0 bridgehead atoms. The van der Waals surface area contributed by atoms with Gasteiger partial charge in [0.05, 0.1) is 5.52 Å². The second kappa shape index (κ2) is 1.63. The summed E-state index contributed by atoms with van der Waals surface area (Å²) in [5.74, 6) is 0.390. The number of aromatic hydroxyl groups is 1. The Morgan fingerprint density at radius 2 is 2.50 bits per heavy atom. The molecular formula is C5H5N3OS. The van der Waals surface area contributed by atoms with Gasteiger partial charge >= 0.3 is 0 Å². The van der Waals surface area contributed by atoms with Crippen molar-refractivity contribution in [1.29, 1.82) is 0 Å². The van der Waals surface area contributed by atoms with Crippen LogP contribution in [0, 0.1) is 0 Å². The Balaban J connectivity index is 2.83. The molecule has 0 aliphatic rings. The molecule has 2 aromatic rings. The lowest BCUT2D eigenvalue weighted by atomic mass is 10.6. The van der Waals surface area contributed by atoms with Crippen molar-refractivity contribution in [3.8, 4) is 5.06 Å². The molecule has 0 aromatic carbocycles. The summed E-state index contributed by atoms with van der Waals surface area (Å²) in [6.07, 6.45) is 0. The van der Waals surface area contributed by atoms with Crippen LogP contribution in [-0.4, -0.2) is 15.1 Å². The zero-order valence-corrected chi connectivity index (χ0v) is 5.77. The fourth-order valence-electron chi connectivity index (χ4n) is 0.817. The first-order valence-corrected chi connectivity index (χ1v) is 3.51. The van der Waals surface area contributed by atoms with E-state index in [2.05, 4.69) is 9.97 Å². The summed E-state index contributed by atoms with van der Waals surface area (Å²) >= 11 is 1.21. The highest BCUT2D eigenvalue weighted by Gasteiger charge is 2.03. The lowest BCUT2D eigenvalue weighted by Crippen LogP contribution is -1.84. The van der Waals surface area contributed by atoms with Crippen molar-refractivity contribution >= 4 is 27.6 Å². The van der Waals surface area contributed by atoms with Gasteiger partial charge in [0, 0.05) is 6.07 Å². The van der Waals surface area contributed by atoms with Crippen molar-refractivity contribution in [2.24, 2.45) is 0 Å². The Hall–Kier alpha value is -1.23. The number of aromatic nitrogens is 2. The zero-order valence-electron chi connectivity index (χ0n) is 4.96. The van der Waals surface area contributed by atoms with Crippen LogP contribution in [0.1, 0.15) is 0 Å². The van der Waals surface area contributed by atoms with Crippen LogP contribution in [0.2, 0.25) is 0 Å². The maximum Gasteiger partial charge on any atom is 0.199 e. The summed E-state index contributed by atoms with van der Waals surface area (Å²) in [5, 5.41) is 9.21. The van der Waals surface area contributed by atoms with Crippen LogP contribution in [0.4, 0.5) is 5.95 Å². The fraction of sp³-hybridized carbons (Fsp3) is 0. The minimum atomic E-state index is 0.258. The quantitative estimate of drug-likeness (QED) is 0.529. The molecule has 2 heterocycles. The molecule has 0 unspecified atom stereocenters. The molecule has 0 aliphatic carbocycles. The molecule has 0 saturated carbocycles. The number of rotatable bonds is 0. The van der Waals surface area contributed by atoms with Gasteiger partial charge in [0.1, 0.15) is 4.83 Å². The third kappa shape index (κ3) is 0.640. The van der Waals surface area contributed by atoms with Crippen LogP contribution in [0.3, 0.4) is 0 Å². The van der Waals surface area contributed by atoms with Crippen molar-refractivity contribution in [2.45, 2.75) is 0 Å². The third-order valence-electron chi connectivity index (χ3n) is 1.18. The van der Waals surface area contributed by atoms with Crippen LogP contribution >= 0.6 is 11.3 Å². The van der Waals surface area contributed by atoms with E-state index in [0.29, 0.717) is 5.95 Å². The number of imidazole rings is 1. The maximum atomic E-state index is 8.95. The molecule has 52 valence electrons. The number of H-pyrrole nitrogens is 1. The number of anilines is 1. The van der Waals surface area contributed by atoms with Crippen LogP contribution < -0.4 is 5.73 Å². The first-order chi connectivity index (χ1) is 4.75. The Morgan fingerprint density at radius 1 is 1.70 bits per heavy atom. The number of nitrogens with zero attached hydrogens (tertiary/aromatic N) is 1. The van der Waals surface area contributed by atoms with Gasteiger partial charge in [0.15, 0.2) is 11.0 Å². The molecule has 0 atom stereocenters. The monoisotopic (exact) mass is 155 g/mol. The number of thiophene rings is 1. The summed E-state index contributed by atoms with van der Waals surface area (Å²) < 4.78 is 0. The van der Waals surface area contributed by atoms with Gasteiger partial charge < -0.3 is 15.8 Å². The summed E-state index contributed by atoms with van der Waals surface area (Å²) in [6, 6.07) is 1.60. The molecular weight excluding hydrogens is 150 g/mol. The lowest BCUT2D eigenvalue weighted by Gasteiger charge is -1.77. The number of hydrogen-bond donors (Lipinski definition) is 3. The Morgan fingerprint density at radius 3 is 3.20 bits per heavy atom. The van der Waals surface area contributed by atoms with E-state index in [1.54, 1.807) is 6.07 Å². The molecule has 4 nitrogen and oxygen atoms in total. The maximum absolute atomic E-state index is 8.95. The number of nitrogens with two attached hydrogens (primary N) is 1. The number of aromatic amines is 1. The fourth-order valence-corrected chi connectivity index (χ4v) is 1.56. The molecule has 2 aromatic heterocycles. The Bertz CT molecular complexity index is 301. The molecule has 10 heavy (non-hydrogen) atoms. The van der Waals surface area contributed by atoms with Crippen LogP contribution in [0.25, 0.3) is 10.3 Å². The first kappa shape index (κ1) is 5.55. The zero-order chi connectivity index (χ0) is 7.14. The van der Waals surface area contributed by atoms with Gasteiger partial charge in [0.25, 0.3) is 0 Å². The Labute approximate surface area is 60.3 Å². The summed E-state index contributed by atoms with van der Waals surface area (Å²) in [5.41, 5.74) is 6.14.